The number of carbonyl (C=O) groups excluding carboxylic acids is 3. The number of ether oxygens (including phenoxy) is 1. The highest BCUT2D eigenvalue weighted by atomic mass is 16.5. The molecule has 142 valence electrons. The van der Waals surface area contributed by atoms with Crippen molar-refractivity contribution in [3.8, 4) is 0 Å². The van der Waals surface area contributed by atoms with Gasteiger partial charge in [0.2, 0.25) is 11.8 Å². The predicted molar refractivity (Wildman–Crippen MR) is 99.8 cm³/mol. The first-order valence-corrected chi connectivity index (χ1v) is 7.30. The van der Waals surface area contributed by atoms with Crippen LogP contribution >= 0.6 is 0 Å². The number of carboxylic acid groups (broad SMARTS) is 1. The quantitative estimate of drug-likeness (QED) is 0.703. The molecule has 0 aromatic heterocycles. The summed E-state index contributed by atoms with van der Waals surface area (Å²) in [4.78, 5) is 44.1. The number of nitrogens with one attached hydrogen (secondary N) is 2. The van der Waals surface area contributed by atoms with Gasteiger partial charge in [0.05, 0.1) is 18.2 Å². The summed E-state index contributed by atoms with van der Waals surface area (Å²) < 4.78 is 45.7. The van der Waals surface area contributed by atoms with Gasteiger partial charge in [0, 0.05) is 33.3 Å². The molecular weight excluding hydrogens is 352 g/mol. The Labute approximate surface area is 164 Å². The molecule has 2 rings (SSSR count). The van der Waals surface area contributed by atoms with Crippen LogP contribution in [0.15, 0.2) is 48.5 Å². The summed E-state index contributed by atoms with van der Waals surface area (Å²) in [5.74, 6) is -3.95. The van der Waals surface area contributed by atoms with Gasteiger partial charge in [0.15, 0.2) is 0 Å². The summed E-state index contributed by atoms with van der Waals surface area (Å²) in [6.07, 6.45) is 0. The third-order valence-corrected chi connectivity index (χ3v) is 2.91. The molecule has 2 aromatic carbocycles. The average molecular weight is 378 g/mol. The topological polar surface area (TPSA) is 122 Å². The van der Waals surface area contributed by atoms with Crippen molar-refractivity contribution >= 4 is 35.1 Å². The molecule has 0 aliphatic heterocycles. The van der Waals surface area contributed by atoms with Crippen molar-refractivity contribution in [3.63, 3.8) is 0 Å². The highest BCUT2D eigenvalue weighted by Crippen LogP contribution is 2.11. The maximum absolute atomic E-state index is 11.2. The second-order valence-corrected chi connectivity index (χ2v) is 4.87. The van der Waals surface area contributed by atoms with Crippen molar-refractivity contribution in [2.75, 3.05) is 17.7 Å². The fourth-order valence-corrected chi connectivity index (χ4v) is 1.83. The first kappa shape index (κ1) is 13.5. The Bertz CT molecular complexity index is 1040. The summed E-state index contributed by atoms with van der Waals surface area (Å²) in [5, 5.41) is 13.0. The largest absolute Gasteiger partial charge is 0.478 e. The summed E-state index contributed by atoms with van der Waals surface area (Å²) in [7, 11) is 1.23. The molecular formula is C19H20N2O6. The molecule has 0 bridgehead atoms. The number of amides is 2. The smallest absolute Gasteiger partial charge is 0.337 e. The van der Waals surface area contributed by atoms with Gasteiger partial charge in [-0.15, -0.1) is 0 Å². The zero-order chi connectivity index (χ0) is 25.4. The van der Waals surface area contributed by atoms with Crippen LogP contribution in [0.3, 0.4) is 0 Å². The van der Waals surface area contributed by atoms with Crippen LogP contribution in [-0.2, 0) is 14.3 Å². The molecule has 0 atom stereocenters. The van der Waals surface area contributed by atoms with Gasteiger partial charge in [0.1, 0.15) is 0 Å². The standard InChI is InChI=1S/C10H11NO3.C9H9NO3/c1-7(12)11-9-5-3-4-8(6-9)10(13)14-2;1-6(11)10-8-4-2-3-7(5-8)9(12)13/h3-6H,1-2H3,(H,11,12);2-5H,1H3,(H,10,11)(H,12,13)/i2*1D3. The molecule has 0 aliphatic rings. The molecule has 0 heterocycles. The minimum atomic E-state index is -2.75. The number of aromatic carboxylic acids is 1. The number of rotatable bonds is 4. The maximum Gasteiger partial charge on any atom is 0.337 e. The van der Waals surface area contributed by atoms with Crippen LogP contribution in [0.5, 0.6) is 0 Å². The van der Waals surface area contributed by atoms with E-state index < -0.39 is 37.5 Å². The van der Waals surface area contributed by atoms with E-state index in [1.165, 1.54) is 55.6 Å². The maximum atomic E-state index is 11.2. The molecule has 27 heavy (non-hydrogen) atoms. The van der Waals surface area contributed by atoms with Crippen LogP contribution in [0.25, 0.3) is 0 Å². The Morgan fingerprint density at radius 3 is 1.81 bits per heavy atom. The van der Waals surface area contributed by atoms with Crippen LogP contribution in [0, 0.1) is 0 Å². The molecule has 2 aromatic rings. The Morgan fingerprint density at radius 1 is 0.889 bits per heavy atom. The second-order valence-electron chi connectivity index (χ2n) is 4.87. The first-order valence-electron chi connectivity index (χ1n) is 10.3. The summed E-state index contributed by atoms with van der Waals surface area (Å²) in [6.45, 7) is -5.47. The molecule has 0 saturated carbocycles. The van der Waals surface area contributed by atoms with Gasteiger partial charge in [-0.3, -0.25) is 9.59 Å². The molecule has 0 saturated heterocycles. The van der Waals surface area contributed by atoms with Gasteiger partial charge in [0.25, 0.3) is 0 Å². The summed E-state index contributed by atoms with van der Waals surface area (Å²) in [5.41, 5.74) is 0.578. The van der Waals surface area contributed by atoms with Crippen molar-refractivity contribution in [1.29, 1.82) is 0 Å². The molecule has 0 radical (unpaired) electrons. The lowest BCUT2D eigenvalue weighted by Crippen LogP contribution is -2.07. The Hall–Kier alpha value is -3.68. The summed E-state index contributed by atoms with van der Waals surface area (Å²) >= 11 is 0. The van der Waals surface area contributed by atoms with E-state index in [0.29, 0.717) is 0 Å². The number of anilines is 2. The highest BCUT2D eigenvalue weighted by molar-refractivity contribution is 5.94. The van der Waals surface area contributed by atoms with Crippen molar-refractivity contribution in [2.24, 2.45) is 0 Å². The molecule has 2 amide bonds. The molecule has 0 unspecified atom stereocenters. The molecule has 0 aliphatic carbocycles. The highest BCUT2D eigenvalue weighted by Gasteiger charge is 2.05. The third-order valence-electron chi connectivity index (χ3n) is 2.91. The minimum absolute atomic E-state index is 0.0247. The normalized spacial score (nSPS) is 13.5. The molecule has 0 fully saturated rings. The van der Waals surface area contributed by atoms with Crippen molar-refractivity contribution in [1.82, 2.24) is 0 Å². The molecule has 8 nitrogen and oxygen atoms in total. The lowest BCUT2D eigenvalue weighted by Gasteiger charge is -2.03. The average Bonchev–Trinajstić information content (AvgIpc) is 2.72. The van der Waals surface area contributed by atoms with Gasteiger partial charge in [-0.25, -0.2) is 9.59 Å². The van der Waals surface area contributed by atoms with Gasteiger partial charge in [-0.05, 0) is 36.4 Å². The number of hydrogen-bond donors (Lipinski definition) is 3. The van der Waals surface area contributed by atoms with Gasteiger partial charge in [-0.1, -0.05) is 12.1 Å². The van der Waals surface area contributed by atoms with E-state index in [2.05, 4.69) is 15.4 Å². The van der Waals surface area contributed by atoms with Crippen LogP contribution in [0.2, 0.25) is 0 Å². The fraction of sp³-hybridized carbons (Fsp3) is 0.158. The third kappa shape index (κ3) is 7.82. The number of hydrogen-bond acceptors (Lipinski definition) is 5. The number of carboxylic acids is 1. The van der Waals surface area contributed by atoms with Crippen LogP contribution < -0.4 is 10.6 Å². The number of esters is 1. The van der Waals surface area contributed by atoms with Gasteiger partial charge >= 0.3 is 11.9 Å². The van der Waals surface area contributed by atoms with E-state index in [0.717, 1.165) is 0 Å². The minimum Gasteiger partial charge on any atom is -0.478 e. The monoisotopic (exact) mass is 378 g/mol. The fourth-order valence-electron chi connectivity index (χ4n) is 1.83. The molecule has 8 heteroatoms. The van der Waals surface area contributed by atoms with Gasteiger partial charge in [-0.2, -0.15) is 0 Å². The van der Waals surface area contributed by atoms with E-state index in [1.54, 1.807) is 0 Å². The van der Waals surface area contributed by atoms with Crippen LogP contribution in [-0.4, -0.2) is 36.0 Å². The Kier molecular flexibility index (Phi) is 5.18. The predicted octanol–water partition coefficient (Wildman–Crippen LogP) is 2.77. The SMILES string of the molecule is [2H]C([2H])([2H])C(=O)Nc1cccc(C(=O)O)c1.[2H]C([2H])([2H])C(=O)Nc1cccc(C(=O)OC)c1. The lowest BCUT2D eigenvalue weighted by atomic mass is 10.2. The van der Waals surface area contributed by atoms with Gasteiger partial charge < -0.3 is 20.5 Å². The van der Waals surface area contributed by atoms with Crippen molar-refractivity contribution < 1.29 is 37.2 Å². The number of benzene rings is 2. The van der Waals surface area contributed by atoms with E-state index in [9.17, 15) is 19.2 Å². The van der Waals surface area contributed by atoms with E-state index in [4.69, 9.17) is 13.3 Å². The van der Waals surface area contributed by atoms with E-state index in [1.807, 2.05) is 0 Å². The summed E-state index contributed by atoms with van der Waals surface area (Å²) in [6, 6.07) is 11.2. The molecule has 3 N–H and O–H groups in total. The first-order chi connectivity index (χ1) is 15.1. The van der Waals surface area contributed by atoms with E-state index >= 15 is 0 Å². The molecule has 0 spiro atoms. The number of carbonyl (C=O) groups is 4. The van der Waals surface area contributed by atoms with Crippen LogP contribution in [0.1, 0.15) is 42.6 Å². The Balaban J connectivity index is 0.000000331. The Morgan fingerprint density at radius 2 is 1.37 bits per heavy atom. The number of methoxy groups -OCH3 is 1. The zero-order valence-electron chi connectivity index (χ0n) is 20.1. The zero-order valence-corrected chi connectivity index (χ0v) is 14.1. The van der Waals surface area contributed by atoms with Crippen molar-refractivity contribution in [3.05, 3.63) is 59.7 Å². The van der Waals surface area contributed by atoms with Crippen molar-refractivity contribution in [2.45, 2.75) is 13.7 Å². The second kappa shape index (κ2) is 10.3. The lowest BCUT2D eigenvalue weighted by molar-refractivity contribution is -0.115. The van der Waals surface area contributed by atoms with E-state index in [-0.39, 0.29) is 22.5 Å². The van der Waals surface area contributed by atoms with Crippen LogP contribution in [0.4, 0.5) is 11.4 Å².